The standard InChI is InChI=1S/C8H15NO9S.C6H10O7/c1-3(10)9-5-7(12)6(11)4(18-8(5)13)2-17-19(14,15)16;7-1-2(8)3(9)4(10)5(11)6(12)13/h4-8,11-13H,2H2,1H3,(H,9,10)(H,14,15,16);1-5,8-11H,(H,12,13)/t4-,5-,6+,7-,8?;/m1./s1. The van der Waals surface area contributed by atoms with Gasteiger partial charge in [0, 0.05) is 6.92 Å². The lowest BCUT2D eigenvalue weighted by molar-refractivity contribution is -0.252. The van der Waals surface area contributed by atoms with E-state index in [1.807, 2.05) is 0 Å². The fourth-order valence-corrected chi connectivity index (χ4v) is 2.55. The molecule has 9 atom stereocenters. The first kappa shape index (κ1) is 30.2. The molecule has 0 aliphatic carbocycles. The number of carboxylic acids is 1. The number of aliphatic carboxylic acids is 1. The molecule has 32 heavy (non-hydrogen) atoms. The SMILES string of the molecule is CC(=O)N[C@H]1C(O)O[C@H](COS(=O)(=O)O)[C@H](O)[C@@H]1O.O=CC(O)C(O)C(O)C(O)C(=O)O. The summed E-state index contributed by atoms with van der Waals surface area (Å²) >= 11 is 0. The first-order valence-corrected chi connectivity index (χ1v) is 9.89. The topological polar surface area (TPSA) is 298 Å². The maximum Gasteiger partial charge on any atom is 0.397 e. The second-order valence-electron chi connectivity index (χ2n) is 6.38. The number of hydrogen-bond acceptors (Lipinski definition) is 14. The van der Waals surface area contributed by atoms with Crippen LogP contribution in [0.15, 0.2) is 0 Å². The van der Waals surface area contributed by atoms with E-state index in [1.54, 1.807) is 0 Å². The number of nitrogens with one attached hydrogen (secondary N) is 1. The van der Waals surface area contributed by atoms with Gasteiger partial charge in [-0.2, -0.15) is 8.42 Å². The highest BCUT2D eigenvalue weighted by Gasteiger charge is 2.44. The Bertz CT molecular complexity index is 730. The van der Waals surface area contributed by atoms with Crippen molar-refractivity contribution in [3.63, 3.8) is 0 Å². The number of ether oxygens (including phenoxy) is 1. The van der Waals surface area contributed by atoms with Crippen molar-refractivity contribution in [2.24, 2.45) is 0 Å². The van der Waals surface area contributed by atoms with Gasteiger partial charge in [-0.05, 0) is 0 Å². The van der Waals surface area contributed by atoms with Crippen molar-refractivity contribution < 1.29 is 77.1 Å². The van der Waals surface area contributed by atoms with Crippen molar-refractivity contribution in [2.75, 3.05) is 6.61 Å². The molecule has 0 saturated carbocycles. The minimum Gasteiger partial charge on any atom is -0.479 e. The molecule has 0 aromatic rings. The third-order valence-electron chi connectivity index (χ3n) is 3.89. The highest BCUT2D eigenvalue weighted by Crippen LogP contribution is 2.20. The Balaban J connectivity index is 0.000000649. The van der Waals surface area contributed by atoms with Crippen molar-refractivity contribution in [3.05, 3.63) is 0 Å². The van der Waals surface area contributed by atoms with E-state index in [9.17, 15) is 38.1 Å². The fraction of sp³-hybridized carbons (Fsp3) is 0.786. The molecule has 1 rings (SSSR count). The predicted molar refractivity (Wildman–Crippen MR) is 95.7 cm³/mol. The lowest BCUT2D eigenvalue weighted by Gasteiger charge is -2.40. The molecule has 1 amide bonds. The molecule has 1 heterocycles. The van der Waals surface area contributed by atoms with Gasteiger partial charge < -0.3 is 55.7 Å². The Kier molecular flexibility index (Phi) is 12.3. The van der Waals surface area contributed by atoms with E-state index in [0.717, 1.165) is 6.92 Å². The molecule has 0 spiro atoms. The molecule has 17 nitrogen and oxygen atoms in total. The second kappa shape index (κ2) is 13.0. The maximum absolute atomic E-state index is 10.8. The summed E-state index contributed by atoms with van der Waals surface area (Å²) in [4.78, 5) is 30.8. The van der Waals surface area contributed by atoms with Gasteiger partial charge in [0.1, 0.15) is 42.7 Å². The van der Waals surface area contributed by atoms with Gasteiger partial charge in [0.2, 0.25) is 5.91 Å². The molecule has 1 aliphatic heterocycles. The number of aliphatic hydroxyl groups excluding tert-OH is 7. The van der Waals surface area contributed by atoms with Crippen LogP contribution in [-0.4, -0.2) is 134 Å². The Hall–Kier alpha value is -1.84. The number of carbonyl (C=O) groups is 3. The van der Waals surface area contributed by atoms with Crippen LogP contribution >= 0.6 is 0 Å². The van der Waals surface area contributed by atoms with E-state index < -0.39 is 83.9 Å². The molecule has 5 unspecified atom stereocenters. The van der Waals surface area contributed by atoms with Crippen LogP contribution in [0, 0.1) is 0 Å². The van der Waals surface area contributed by atoms with E-state index in [-0.39, 0.29) is 6.29 Å². The molecular formula is C14H25NO16S. The maximum atomic E-state index is 10.8. The molecule has 10 N–H and O–H groups in total. The lowest BCUT2D eigenvalue weighted by atomic mass is 9.97. The molecule has 0 radical (unpaired) electrons. The summed E-state index contributed by atoms with van der Waals surface area (Å²) < 4.78 is 37.9. The number of rotatable bonds is 9. The molecule has 1 fully saturated rings. The average Bonchev–Trinajstić information content (AvgIpc) is 2.70. The summed E-state index contributed by atoms with van der Waals surface area (Å²) in [5, 5.41) is 74.2. The largest absolute Gasteiger partial charge is 0.479 e. The highest BCUT2D eigenvalue weighted by molar-refractivity contribution is 7.80. The fourth-order valence-electron chi connectivity index (χ4n) is 2.24. The number of carboxylic acid groups (broad SMARTS) is 1. The summed E-state index contributed by atoms with van der Waals surface area (Å²) in [5.74, 6) is -2.32. The molecule has 18 heteroatoms. The Morgan fingerprint density at radius 1 is 1.09 bits per heavy atom. The van der Waals surface area contributed by atoms with Crippen LogP contribution < -0.4 is 5.32 Å². The lowest BCUT2D eigenvalue weighted by Crippen LogP contribution is -2.64. The van der Waals surface area contributed by atoms with E-state index in [1.165, 1.54) is 0 Å². The van der Waals surface area contributed by atoms with Crippen LogP contribution in [0.25, 0.3) is 0 Å². The van der Waals surface area contributed by atoms with Crippen molar-refractivity contribution in [3.8, 4) is 0 Å². The summed E-state index contributed by atoms with van der Waals surface area (Å²) in [6, 6.07) is -1.27. The van der Waals surface area contributed by atoms with Crippen molar-refractivity contribution in [1.29, 1.82) is 0 Å². The van der Waals surface area contributed by atoms with Crippen LogP contribution in [0.5, 0.6) is 0 Å². The average molecular weight is 495 g/mol. The number of aldehydes is 1. The van der Waals surface area contributed by atoms with Crippen molar-refractivity contribution in [1.82, 2.24) is 5.32 Å². The molecule has 0 aromatic carbocycles. The molecule has 1 aliphatic rings. The smallest absolute Gasteiger partial charge is 0.397 e. The third kappa shape index (κ3) is 9.75. The monoisotopic (exact) mass is 495 g/mol. The normalized spacial score (nSPS) is 29.5. The van der Waals surface area contributed by atoms with Crippen LogP contribution in [0.3, 0.4) is 0 Å². The van der Waals surface area contributed by atoms with Crippen molar-refractivity contribution in [2.45, 2.75) is 62.0 Å². The minimum absolute atomic E-state index is 0.0809. The van der Waals surface area contributed by atoms with Gasteiger partial charge in [-0.3, -0.25) is 9.35 Å². The minimum atomic E-state index is -4.74. The quantitative estimate of drug-likeness (QED) is 0.105. The van der Waals surface area contributed by atoms with E-state index >= 15 is 0 Å². The molecular weight excluding hydrogens is 470 g/mol. The molecule has 1 saturated heterocycles. The zero-order valence-corrected chi connectivity index (χ0v) is 17.1. The van der Waals surface area contributed by atoms with Crippen LogP contribution in [0.2, 0.25) is 0 Å². The van der Waals surface area contributed by atoms with Gasteiger partial charge in [-0.15, -0.1) is 0 Å². The Morgan fingerprint density at radius 2 is 1.62 bits per heavy atom. The number of aliphatic hydroxyl groups is 7. The number of amides is 1. The van der Waals surface area contributed by atoms with Crippen LogP contribution in [0.4, 0.5) is 0 Å². The second-order valence-corrected chi connectivity index (χ2v) is 7.47. The van der Waals surface area contributed by atoms with Gasteiger partial charge in [0.05, 0.1) is 6.61 Å². The zero-order chi connectivity index (χ0) is 25.4. The van der Waals surface area contributed by atoms with Crippen LogP contribution in [0.1, 0.15) is 6.92 Å². The highest BCUT2D eigenvalue weighted by atomic mass is 32.3. The first-order valence-electron chi connectivity index (χ1n) is 8.52. The number of hydrogen-bond donors (Lipinski definition) is 10. The van der Waals surface area contributed by atoms with E-state index in [4.69, 9.17) is 34.8 Å². The summed E-state index contributed by atoms with van der Waals surface area (Å²) in [5.41, 5.74) is 0. The van der Waals surface area contributed by atoms with Gasteiger partial charge in [-0.1, -0.05) is 0 Å². The van der Waals surface area contributed by atoms with E-state index in [0.29, 0.717) is 0 Å². The van der Waals surface area contributed by atoms with Crippen molar-refractivity contribution >= 4 is 28.6 Å². The Labute approximate surface area is 180 Å². The first-order chi connectivity index (χ1) is 14.5. The van der Waals surface area contributed by atoms with E-state index in [2.05, 4.69) is 9.50 Å². The van der Waals surface area contributed by atoms with Gasteiger partial charge >= 0.3 is 16.4 Å². The summed E-state index contributed by atoms with van der Waals surface area (Å²) in [7, 11) is -4.74. The molecule has 0 bridgehead atoms. The molecule has 188 valence electrons. The van der Waals surface area contributed by atoms with Gasteiger partial charge in [0.15, 0.2) is 18.7 Å². The predicted octanol–water partition coefficient (Wildman–Crippen LogP) is -6.54. The summed E-state index contributed by atoms with van der Waals surface area (Å²) in [6.07, 6.45) is -14.7. The van der Waals surface area contributed by atoms with Gasteiger partial charge in [-0.25, -0.2) is 8.98 Å². The third-order valence-corrected chi connectivity index (χ3v) is 4.32. The summed E-state index contributed by atoms with van der Waals surface area (Å²) in [6.45, 7) is 0.334. The zero-order valence-electron chi connectivity index (χ0n) is 16.3. The Morgan fingerprint density at radius 3 is 2.03 bits per heavy atom. The van der Waals surface area contributed by atoms with Gasteiger partial charge in [0.25, 0.3) is 0 Å². The molecule has 0 aromatic heterocycles. The number of carbonyl (C=O) groups excluding carboxylic acids is 2. The van der Waals surface area contributed by atoms with Crippen LogP contribution in [-0.2, 0) is 33.7 Å².